The third kappa shape index (κ3) is 5.68. The Morgan fingerprint density at radius 2 is 1.74 bits per heavy atom. The van der Waals surface area contributed by atoms with E-state index in [1.807, 2.05) is 4.90 Å². The lowest BCUT2D eigenvalue weighted by Gasteiger charge is -2.32. The lowest BCUT2D eigenvalue weighted by molar-refractivity contribution is -0.186. The van der Waals surface area contributed by atoms with Gasteiger partial charge in [-0.3, -0.25) is 10.1 Å². The zero-order valence-electron chi connectivity index (χ0n) is 20.5. The molecule has 3 amide bonds. The number of carbonyl (C=O) groups is 2. The van der Waals surface area contributed by atoms with Crippen molar-refractivity contribution in [2.24, 2.45) is 0 Å². The van der Waals surface area contributed by atoms with Crippen LogP contribution in [0.3, 0.4) is 0 Å². The number of pyridine rings is 1. The summed E-state index contributed by atoms with van der Waals surface area (Å²) in [5, 5.41) is 5.31. The van der Waals surface area contributed by atoms with Gasteiger partial charge in [0.15, 0.2) is 5.82 Å². The number of urea groups is 1. The fourth-order valence-electron chi connectivity index (χ4n) is 5.05. The Morgan fingerprint density at radius 3 is 2.49 bits per heavy atom. The average Bonchev–Trinajstić information content (AvgIpc) is 3.39. The van der Waals surface area contributed by atoms with Crippen LogP contribution in [-0.4, -0.2) is 63.6 Å². The largest absolute Gasteiger partial charge is 0.471 e. The van der Waals surface area contributed by atoms with Crippen molar-refractivity contribution in [3.8, 4) is 0 Å². The molecular weight excluding hydrogens is 525 g/mol. The Bertz CT molecular complexity index is 1390. The van der Waals surface area contributed by atoms with Gasteiger partial charge in [-0.05, 0) is 56.0 Å². The van der Waals surface area contributed by atoms with Crippen LogP contribution in [0.1, 0.15) is 37.3 Å². The van der Waals surface area contributed by atoms with Gasteiger partial charge in [-0.15, -0.1) is 0 Å². The lowest BCUT2D eigenvalue weighted by Crippen LogP contribution is -2.50. The Kier molecular flexibility index (Phi) is 7.19. The number of nitrogens with one attached hydrogen (secondary N) is 2. The molecule has 9 nitrogen and oxygen atoms in total. The van der Waals surface area contributed by atoms with Gasteiger partial charge in [-0.2, -0.15) is 13.2 Å². The van der Waals surface area contributed by atoms with Crippen LogP contribution >= 0.6 is 0 Å². The molecule has 39 heavy (non-hydrogen) atoms. The van der Waals surface area contributed by atoms with Gasteiger partial charge < -0.3 is 15.1 Å². The predicted molar refractivity (Wildman–Crippen MR) is 131 cm³/mol. The quantitative estimate of drug-likeness (QED) is 0.470. The molecule has 5 rings (SSSR count). The van der Waals surface area contributed by atoms with Crippen LogP contribution in [-0.2, 0) is 4.79 Å². The zero-order valence-corrected chi connectivity index (χ0v) is 20.5. The summed E-state index contributed by atoms with van der Waals surface area (Å²) in [5.74, 6) is -2.34. The maximum absolute atomic E-state index is 14.5. The van der Waals surface area contributed by atoms with Crippen LogP contribution < -0.4 is 15.5 Å². The monoisotopic (exact) mass is 549 g/mol. The van der Waals surface area contributed by atoms with Crippen molar-refractivity contribution in [2.45, 2.75) is 43.9 Å². The van der Waals surface area contributed by atoms with Crippen LogP contribution in [0.4, 0.5) is 38.4 Å². The van der Waals surface area contributed by atoms with Crippen LogP contribution in [0.2, 0.25) is 0 Å². The number of halogens is 5. The number of alkyl halides is 3. The molecule has 0 saturated carbocycles. The first-order valence-electron chi connectivity index (χ1n) is 12.4. The number of rotatable bonds is 4. The molecule has 14 heteroatoms. The van der Waals surface area contributed by atoms with E-state index < -0.39 is 41.8 Å². The van der Waals surface area contributed by atoms with Crippen molar-refractivity contribution >= 4 is 34.6 Å². The van der Waals surface area contributed by atoms with E-state index in [9.17, 15) is 31.5 Å². The highest BCUT2D eigenvalue weighted by Gasteiger charge is 2.43. The number of benzene rings is 1. The highest BCUT2D eigenvalue weighted by Crippen LogP contribution is 2.37. The fourth-order valence-corrected chi connectivity index (χ4v) is 5.05. The topological polar surface area (TPSA) is 103 Å². The maximum Gasteiger partial charge on any atom is 0.471 e. The smallest absolute Gasteiger partial charge is 0.349 e. The maximum atomic E-state index is 14.5. The van der Waals surface area contributed by atoms with Crippen molar-refractivity contribution in [3.05, 3.63) is 53.9 Å². The first kappa shape index (κ1) is 26.5. The van der Waals surface area contributed by atoms with Gasteiger partial charge in [-0.25, -0.2) is 28.5 Å². The zero-order chi connectivity index (χ0) is 27.7. The molecule has 0 bridgehead atoms. The summed E-state index contributed by atoms with van der Waals surface area (Å²) >= 11 is 0. The standard InChI is InChI=1S/C25H24F5N7O2/c26-14-3-4-17(27)16(12-14)19-2-1-9-37(19)20-6-5-18-21(34-20)22(32-13-31-18)35-24(39)33-15-7-10-36(11-8-15)23(38)25(28,29)30/h3-6,12-13,15,19H,1-2,7-11H2,(H2,31,32,33,35,39)/t19-/m1/s1. The molecule has 2 fully saturated rings. The number of likely N-dealkylation sites (tertiary alicyclic amines) is 1. The molecule has 1 aromatic carbocycles. The molecule has 4 heterocycles. The van der Waals surface area contributed by atoms with Gasteiger partial charge in [0.05, 0.1) is 11.6 Å². The van der Waals surface area contributed by atoms with Gasteiger partial charge in [0.1, 0.15) is 29.3 Å². The average molecular weight is 550 g/mol. The number of hydrogen-bond donors (Lipinski definition) is 2. The first-order chi connectivity index (χ1) is 18.6. The second kappa shape index (κ2) is 10.6. The molecule has 2 aromatic heterocycles. The van der Waals surface area contributed by atoms with Gasteiger partial charge >= 0.3 is 18.1 Å². The van der Waals surface area contributed by atoms with Crippen LogP contribution in [0.25, 0.3) is 11.0 Å². The molecule has 3 aromatic rings. The van der Waals surface area contributed by atoms with E-state index in [-0.39, 0.29) is 42.8 Å². The number of anilines is 2. The SMILES string of the molecule is O=C(Nc1ncnc2ccc(N3CCC[C@@H]3c3cc(F)ccc3F)nc12)NC1CCN(C(=O)C(F)(F)F)CC1. The number of nitrogens with zero attached hydrogens (tertiary/aromatic N) is 5. The van der Waals surface area contributed by atoms with E-state index in [4.69, 9.17) is 0 Å². The van der Waals surface area contributed by atoms with Crippen LogP contribution in [0.15, 0.2) is 36.7 Å². The molecule has 0 unspecified atom stereocenters. The summed E-state index contributed by atoms with van der Waals surface area (Å²) < 4.78 is 66.3. The summed E-state index contributed by atoms with van der Waals surface area (Å²) in [4.78, 5) is 39.6. The predicted octanol–water partition coefficient (Wildman–Crippen LogP) is 4.32. The summed E-state index contributed by atoms with van der Waals surface area (Å²) in [6.07, 6.45) is -2.01. The van der Waals surface area contributed by atoms with Gasteiger partial charge in [0.25, 0.3) is 0 Å². The molecule has 206 valence electrons. The number of aromatic nitrogens is 3. The minimum Gasteiger partial charge on any atom is -0.349 e. The molecule has 2 saturated heterocycles. The third-order valence-corrected chi connectivity index (χ3v) is 6.92. The van der Waals surface area contributed by atoms with Crippen LogP contribution in [0.5, 0.6) is 0 Å². The molecular formula is C25H24F5N7O2. The molecule has 0 radical (unpaired) electrons. The number of fused-ring (bicyclic) bond motifs is 1. The van der Waals surface area contributed by atoms with E-state index in [0.29, 0.717) is 24.3 Å². The number of amides is 3. The third-order valence-electron chi connectivity index (χ3n) is 6.92. The molecule has 0 aliphatic carbocycles. The van der Waals surface area contributed by atoms with E-state index in [1.54, 1.807) is 12.1 Å². The highest BCUT2D eigenvalue weighted by atomic mass is 19.4. The van der Waals surface area contributed by atoms with Gasteiger partial charge in [0, 0.05) is 31.2 Å². The second-order valence-electron chi connectivity index (χ2n) is 9.44. The van der Waals surface area contributed by atoms with Crippen molar-refractivity contribution in [1.82, 2.24) is 25.2 Å². The lowest BCUT2D eigenvalue weighted by atomic mass is 10.0. The normalized spacial score (nSPS) is 18.4. The minimum absolute atomic E-state index is 0.108. The fraction of sp³-hybridized carbons (Fsp3) is 0.400. The van der Waals surface area contributed by atoms with E-state index in [2.05, 4.69) is 25.6 Å². The van der Waals surface area contributed by atoms with Gasteiger partial charge in [0.2, 0.25) is 0 Å². The van der Waals surface area contributed by atoms with E-state index in [0.717, 1.165) is 23.5 Å². The summed E-state index contributed by atoms with van der Waals surface area (Å²) in [6, 6.07) is 5.25. The Hall–Kier alpha value is -4.10. The molecule has 2 N–H and O–H groups in total. The summed E-state index contributed by atoms with van der Waals surface area (Å²) in [7, 11) is 0. The number of carbonyl (C=O) groups excluding carboxylic acids is 2. The molecule has 2 aliphatic rings. The van der Waals surface area contributed by atoms with Crippen molar-refractivity contribution < 1.29 is 31.5 Å². The number of hydrogen-bond acceptors (Lipinski definition) is 6. The van der Waals surface area contributed by atoms with Crippen molar-refractivity contribution in [1.29, 1.82) is 0 Å². The Labute approximate surface area is 219 Å². The Balaban J connectivity index is 1.29. The second-order valence-corrected chi connectivity index (χ2v) is 9.44. The van der Waals surface area contributed by atoms with E-state index in [1.165, 1.54) is 12.4 Å². The van der Waals surface area contributed by atoms with E-state index >= 15 is 0 Å². The first-order valence-corrected chi connectivity index (χ1v) is 12.4. The van der Waals surface area contributed by atoms with Gasteiger partial charge in [-0.1, -0.05) is 0 Å². The molecule has 1 atom stereocenters. The van der Waals surface area contributed by atoms with Crippen molar-refractivity contribution in [2.75, 3.05) is 29.9 Å². The Morgan fingerprint density at radius 1 is 0.974 bits per heavy atom. The highest BCUT2D eigenvalue weighted by molar-refractivity contribution is 5.97. The molecule has 2 aliphatic heterocycles. The van der Waals surface area contributed by atoms with Crippen molar-refractivity contribution in [3.63, 3.8) is 0 Å². The summed E-state index contributed by atoms with van der Waals surface area (Å²) in [6.45, 7) is 0.298. The number of piperidine rings is 1. The summed E-state index contributed by atoms with van der Waals surface area (Å²) in [5.41, 5.74) is 0.955. The minimum atomic E-state index is -4.93. The molecule has 0 spiro atoms. The van der Waals surface area contributed by atoms with Crippen LogP contribution in [0, 0.1) is 11.6 Å².